The molecular formula is C15H22N2O. The van der Waals surface area contributed by atoms with E-state index < -0.39 is 0 Å². The molecule has 1 aliphatic rings. The number of hydrogen-bond acceptors (Lipinski definition) is 2. The molecule has 18 heavy (non-hydrogen) atoms. The molecule has 1 heterocycles. The second-order valence-electron chi connectivity index (χ2n) is 4.89. The van der Waals surface area contributed by atoms with Crippen LogP contribution in [0, 0.1) is 0 Å². The summed E-state index contributed by atoms with van der Waals surface area (Å²) in [6.07, 6.45) is 3.31. The quantitative estimate of drug-likeness (QED) is 0.884. The zero-order valence-corrected chi connectivity index (χ0v) is 11.1. The number of hydrogen-bond donors (Lipinski definition) is 1. The third-order valence-electron chi connectivity index (χ3n) is 3.49. The lowest BCUT2D eigenvalue weighted by atomic mass is 10.0. The highest BCUT2D eigenvalue weighted by atomic mass is 16.2. The third-order valence-corrected chi connectivity index (χ3v) is 3.49. The first-order chi connectivity index (χ1) is 8.81. The Kier molecular flexibility index (Phi) is 4.76. The lowest BCUT2D eigenvalue weighted by Gasteiger charge is -2.32. The Morgan fingerprint density at radius 2 is 1.94 bits per heavy atom. The molecule has 0 spiro atoms. The summed E-state index contributed by atoms with van der Waals surface area (Å²) in [7, 11) is 0. The number of nitrogens with zero attached hydrogens (tertiary/aromatic N) is 1. The summed E-state index contributed by atoms with van der Waals surface area (Å²) < 4.78 is 0. The molecule has 1 saturated heterocycles. The number of piperidine rings is 1. The van der Waals surface area contributed by atoms with Crippen LogP contribution < -0.4 is 5.32 Å². The van der Waals surface area contributed by atoms with E-state index in [1.165, 1.54) is 6.42 Å². The maximum atomic E-state index is 12.2. The summed E-state index contributed by atoms with van der Waals surface area (Å²) >= 11 is 0. The van der Waals surface area contributed by atoms with Gasteiger partial charge >= 0.3 is 0 Å². The lowest BCUT2D eigenvalue weighted by Crippen LogP contribution is -2.45. The van der Waals surface area contributed by atoms with Crippen LogP contribution in [0.15, 0.2) is 30.3 Å². The zero-order valence-electron chi connectivity index (χ0n) is 11.1. The maximum absolute atomic E-state index is 12.2. The van der Waals surface area contributed by atoms with Gasteiger partial charge in [0.2, 0.25) is 0 Å². The van der Waals surface area contributed by atoms with E-state index in [-0.39, 0.29) is 5.91 Å². The van der Waals surface area contributed by atoms with E-state index in [1.54, 1.807) is 0 Å². The summed E-state index contributed by atoms with van der Waals surface area (Å²) in [5.41, 5.74) is 0.803. The van der Waals surface area contributed by atoms with Crippen LogP contribution in [0.5, 0.6) is 0 Å². The summed E-state index contributed by atoms with van der Waals surface area (Å²) in [6.45, 7) is 5.00. The average molecular weight is 246 g/mol. The molecule has 3 nitrogen and oxygen atoms in total. The van der Waals surface area contributed by atoms with Crippen molar-refractivity contribution in [2.24, 2.45) is 0 Å². The Labute approximate surface area is 109 Å². The normalized spacial score (nSPS) is 16.8. The highest BCUT2D eigenvalue weighted by molar-refractivity contribution is 5.94. The number of rotatable bonds is 4. The zero-order chi connectivity index (χ0) is 12.8. The molecule has 0 unspecified atom stereocenters. The lowest BCUT2D eigenvalue weighted by molar-refractivity contribution is 0.0705. The van der Waals surface area contributed by atoms with Crippen molar-refractivity contribution in [1.29, 1.82) is 0 Å². The monoisotopic (exact) mass is 246 g/mol. The van der Waals surface area contributed by atoms with Crippen LogP contribution in [0.25, 0.3) is 0 Å². The topological polar surface area (TPSA) is 32.3 Å². The molecule has 0 bridgehead atoms. The molecule has 1 aliphatic heterocycles. The van der Waals surface area contributed by atoms with Crippen molar-refractivity contribution in [2.75, 3.05) is 19.6 Å². The molecule has 98 valence electrons. The predicted molar refractivity (Wildman–Crippen MR) is 73.7 cm³/mol. The molecule has 0 aliphatic carbocycles. The molecule has 1 N–H and O–H groups in total. The highest BCUT2D eigenvalue weighted by Crippen LogP contribution is 2.13. The van der Waals surface area contributed by atoms with Gasteiger partial charge in [0.15, 0.2) is 0 Å². The fraction of sp³-hybridized carbons (Fsp3) is 0.533. The van der Waals surface area contributed by atoms with Gasteiger partial charge in [-0.1, -0.05) is 25.1 Å². The minimum absolute atomic E-state index is 0.171. The first-order valence-corrected chi connectivity index (χ1v) is 6.89. The molecule has 3 heteroatoms. The van der Waals surface area contributed by atoms with Crippen LogP contribution >= 0.6 is 0 Å². The number of benzene rings is 1. The van der Waals surface area contributed by atoms with E-state index in [0.29, 0.717) is 6.04 Å². The minimum Gasteiger partial charge on any atom is -0.339 e. The molecule has 2 rings (SSSR count). The van der Waals surface area contributed by atoms with Crippen molar-refractivity contribution in [2.45, 2.75) is 32.2 Å². The average Bonchev–Trinajstić information content (AvgIpc) is 2.46. The molecule has 1 amide bonds. The van der Waals surface area contributed by atoms with Crippen molar-refractivity contribution < 1.29 is 4.79 Å². The van der Waals surface area contributed by atoms with Crippen LogP contribution in [-0.4, -0.2) is 36.5 Å². The largest absolute Gasteiger partial charge is 0.339 e. The molecule has 1 fully saturated rings. The van der Waals surface area contributed by atoms with Crippen molar-refractivity contribution in [3.63, 3.8) is 0 Å². The summed E-state index contributed by atoms with van der Waals surface area (Å²) in [5.74, 6) is 0.171. The van der Waals surface area contributed by atoms with E-state index in [9.17, 15) is 4.79 Å². The Hall–Kier alpha value is -1.35. The fourth-order valence-corrected chi connectivity index (χ4v) is 2.40. The molecule has 0 saturated carbocycles. The van der Waals surface area contributed by atoms with Gasteiger partial charge in [-0.25, -0.2) is 0 Å². The SMILES string of the molecule is CCCNC1CCN(C(=O)c2ccccc2)CC1. The molecule has 1 aromatic carbocycles. The summed E-state index contributed by atoms with van der Waals surface area (Å²) in [5, 5.41) is 3.53. The van der Waals surface area contributed by atoms with Crippen LogP contribution in [0.1, 0.15) is 36.5 Å². The van der Waals surface area contributed by atoms with Crippen molar-refractivity contribution >= 4 is 5.91 Å². The standard InChI is InChI=1S/C15H22N2O/c1-2-10-16-14-8-11-17(12-9-14)15(18)13-6-4-3-5-7-13/h3-7,14,16H,2,8-12H2,1H3. The molecule has 0 radical (unpaired) electrons. The Bertz CT molecular complexity index is 369. The van der Waals surface area contributed by atoms with E-state index in [4.69, 9.17) is 0 Å². The molecule has 0 aromatic heterocycles. The van der Waals surface area contributed by atoms with Crippen molar-refractivity contribution in [1.82, 2.24) is 10.2 Å². The van der Waals surface area contributed by atoms with E-state index in [0.717, 1.165) is 38.0 Å². The number of carbonyl (C=O) groups is 1. The number of likely N-dealkylation sites (tertiary alicyclic amines) is 1. The van der Waals surface area contributed by atoms with Crippen LogP contribution in [0.3, 0.4) is 0 Å². The fourth-order valence-electron chi connectivity index (χ4n) is 2.40. The predicted octanol–water partition coefficient (Wildman–Crippen LogP) is 2.29. The van der Waals surface area contributed by atoms with Gasteiger partial charge in [-0.15, -0.1) is 0 Å². The van der Waals surface area contributed by atoms with Gasteiger partial charge in [-0.05, 0) is 37.9 Å². The van der Waals surface area contributed by atoms with Gasteiger partial charge in [0.25, 0.3) is 5.91 Å². The second kappa shape index (κ2) is 6.55. The number of amides is 1. The Morgan fingerprint density at radius 1 is 1.28 bits per heavy atom. The number of nitrogens with one attached hydrogen (secondary N) is 1. The smallest absolute Gasteiger partial charge is 0.253 e. The molecular weight excluding hydrogens is 224 g/mol. The molecule has 0 atom stereocenters. The van der Waals surface area contributed by atoms with E-state index in [2.05, 4.69) is 12.2 Å². The number of carbonyl (C=O) groups excluding carboxylic acids is 1. The first kappa shape index (κ1) is 13.1. The minimum atomic E-state index is 0.171. The maximum Gasteiger partial charge on any atom is 0.253 e. The molecule has 1 aromatic rings. The van der Waals surface area contributed by atoms with E-state index in [1.807, 2.05) is 35.2 Å². The first-order valence-electron chi connectivity index (χ1n) is 6.89. The van der Waals surface area contributed by atoms with Crippen molar-refractivity contribution in [3.05, 3.63) is 35.9 Å². The van der Waals surface area contributed by atoms with Gasteiger partial charge in [0.05, 0.1) is 0 Å². The highest BCUT2D eigenvalue weighted by Gasteiger charge is 2.22. The Balaban J connectivity index is 1.84. The van der Waals surface area contributed by atoms with Gasteiger partial charge < -0.3 is 10.2 Å². The van der Waals surface area contributed by atoms with Crippen LogP contribution in [0.2, 0.25) is 0 Å². The van der Waals surface area contributed by atoms with Gasteiger partial charge in [0, 0.05) is 24.7 Å². The van der Waals surface area contributed by atoms with Crippen LogP contribution in [0.4, 0.5) is 0 Å². The van der Waals surface area contributed by atoms with Gasteiger partial charge in [0.1, 0.15) is 0 Å². The van der Waals surface area contributed by atoms with E-state index >= 15 is 0 Å². The summed E-state index contributed by atoms with van der Waals surface area (Å²) in [4.78, 5) is 14.2. The van der Waals surface area contributed by atoms with Crippen LogP contribution in [-0.2, 0) is 0 Å². The van der Waals surface area contributed by atoms with Gasteiger partial charge in [-0.3, -0.25) is 4.79 Å². The second-order valence-corrected chi connectivity index (χ2v) is 4.89. The Morgan fingerprint density at radius 3 is 2.56 bits per heavy atom. The van der Waals surface area contributed by atoms with Crippen molar-refractivity contribution in [3.8, 4) is 0 Å². The third kappa shape index (κ3) is 3.33. The van der Waals surface area contributed by atoms with Gasteiger partial charge in [-0.2, -0.15) is 0 Å². The summed E-state index contributed by atoms with van der Waals surface area (Å²) in [6, 6.07) is 10.2.